The first-order chi connectivity index (χ1) is 13.4. The smallest absolute Gasteiger partial charge is 0.320 e. The Morgan fingerprint density at radius 2 is 2.11 bits per heavy atom. The summed E-state index contributed by atoms with van der Waals surface area (Å²) in [5, 5.41) is 9.34. The lowest BCUT2D eigenvalue weighted by Crippen LogP contribution is -2.35. The van der Waals surface area contributed by atoms with E-state index in [4.69, 9.17) is 5.73 Å². The Morgan fingerprint density at radius 1 is 1.36 bits per heavy atom. The number of carboxylic acids is 1. The molecule has 152 valence electrons. The maximum absolute atomic E-state index is 15.1. The van der Waals surface area contributed by atoms with Crippen molar-refractivity contribution in [2.75, 3.05) is 6.54 Å². The van der Waals surface area contributed by atoms with E-state index in [0.29, 0.717) is 41.3 Å². The van der Waals surface area contributed by atoms with Crippen LogP contribution in [0.2, 0.25) is 0 Å². The number of H-pyrrole nitrogens is 1. The van der Waals surface area contributed by atoms with Crippen LogP contribution in [0.5, 0.6) is 0 Å². The highest BCUT2D eigenvalue weighted by atomic mass is 19.1. The van der Waals surface area contributed by atoms with Crippen molar-refractivity contribution in [3.63, 3.8) is 0 Å². The molecule has 0 spiro atoms. The molecule has 1 saturated heterocycles. The number of nitrogens with one attached hydrogen (secondary N) is 1. The van der Waals surface area contributed by atoms with Gasteiger partial charge in [0.2, 0.25) is 0 Å². The number of rotatable bonds is 5. The summed E-state index contributed by atoms with van der Waals surface area (Å²) in [6.07, 6.45) is 5.95. The van der Waals surface area contributed by atoms with Gasteiger partial charge in [-0.15, -0.1) is 0 Å². The van der Waals surface area contributed by atoms with E-state index in [2.05, 4.69) is 16.9 Å². The summed E-state index contributed by atoms with van der Waals surface area (Å²) in [6.45, 7) is 3.23. The van der Waals surface area contributed by atoms with E-state index in [0.717, 1.165) is 25.2 Å². The monoisotopic (exact) mass is 388 g/mol. The van der Waals surface area contributed by atoms with Crippen LogP contribution in [0.1, 0.15) is 62.9 Å². The van der Waals surface area contributed by atoms with Crippen LogP contribution in [0.3, 0.4) is 0 Å². The molecule has 1 aliphatic heterocycles. The molecule has 7 heteroatoms. The number of hydrogen-bond donors (Lipinski definition) is 3. The molecule has 6 nitrogen and oxygen atoms in total. The number of nitrogens with zero attached hydrogens (tertiary/aromatic N) is 2. The zero-order valence-corrected chi connectivity index (χ0v) is 16.3. The fraction of sp³-hybridized carbons (Fsp3) is 0.619. The fourth-order valence-electron chi connectivity index (χ4n) is 4.76. The summed E-state index contributed by atoms with van der Waals surface area (Å²) >= 11 is 0. The Morgan fingerprint density at radius 3 is 2.82 bits per heavy atom. The van der Waals surface area contributed by atoms with Gasteiger partial charge < -0.3 is 15.8 Å². The van der Waals surface area contributed by atoms with Crippen LogP contribution in [0.4, 0.5) is 4.39 Å². The molecule has 2 atom stereocenters. The summed E-state index contributed by atoms with van der Waals surface area (Å²) in [7, 11) is 0. The zero-order valence-electron chi connectivity index (χ0n) is 16.3. The lowest BCUT2D eigenvalue weighted by atomic mass is 9.79. The average molecular weight is 388 g/mol. The molecule has 2 aliphatic rings. The SMILES string of the molecule is CC1CCC([C@H](N)c2nc3c(F)c(CN4CCC[C@H]4C(=O)O)ccc3[nH]2)CC1. The second kappa shape index (κ2) is 7.79. The second-order valence-corrected chi connectivity index (χ2v) is 8.57. The Bertz CT molecular complexity index is 859. The number of likely N-dealkylation sites (tertiary alicyclic amines) is 1. The topological polar surface area (TPSA) is 95.2 Å². The molecule has 28 heavy (non-hydrogen) atoms. The Hall–Kier alpha value is -1.99. The van der Waals surface area contributed by atoms with E-state index in [1.807, 2.05) is 11.0 Å². The molecule has 4 N–H and O–H groups in total. The highest BCUT2D eigenvalue weighted by molar-refractivity contribution is 5.77. The minimum absolute atomic E-state index is 0.210. The van der Waals surface area contributed by atoms with Crippen molar-refractivity contribution < 1.29 is 14.3 Å². The van der Waals surface area contributed by atoms with Crippen LogP contribution in [0, 0.1) is 17.7 Å². The Labute approximate surface area is 164 Å². The van der Waals surface area contributed by atoms with Gasteiger partial charge in [0.05, 0.1) is 11.6 Å². The van der Waals surface area contributed by atoms with Crippen molar-refractivity contribution in [1.29, 1.82) is 0 Å². The van der Waals surface area contributed by atoms with Crippen LogP contribution >= 0.6 is 0 Å². The normalized spacial score (nSPS) is 27.3. The van der Waals surface area contributed by atoms with Crippen LogP contribution < -0.4 is 5.73 Å². The minimum atomic E-state index is -0.839. The molecule has 0 unspecified atom stereocenters. The maximum atomic E-state index is 15.1. The first kappa shape index (κ1) is 19.3. The average Bonchev–Trinajstić information content (AvgIpc) is 3.31. The van der Waals surface area contributed by atoms with E-state index in [1.165, 1.54) is 12.8 Å². The van der Waals surface area contributed by atoms with Gasteiger partial charge in [0.15, 0.2) is 5.82 Å². The van der Waals surface area contributed by atoms with E-state index < -0.39 is 12.0 Å². The quantitative estimate of drug-likeness (QED) is 0.728. The van der Waals surface area contributed by atoms with Crippen molar-refractivity contribution in [2.24, 2.45) is 17.6 Å². The largest absolute Gasteiger partial charge is 0.480 e. The summed E-state index contributed by atoms with van der Waals surface area (Å²) in [4.78, 5) is 20.9. The summed E-state index contributed by atoms with van der Waals surface area (Å²) < 4.78 is 15.1. The number of aromatic amines is 1. The predicted octanol–water partition coefficient (Wildman–Crippen LogP) is 3.58. The van der Waals surface area contributed by atoms with E-state index in [9.17, 15) is 9.90 Å². The molecule has 2 fully saturated rings. The van der Waals surface area contributed by atoms with Gasteiger partial charge in [0.1, 0.15) is 17.4 Å². The molecular weight excluding hydrogens is 359 g/mol. The van der Waals surface area contributed by atoms with Crippen LogP contribution in [0.25, 0.3) is 11.0 Å². The van der Waals surface area contributed by atoms with Crippen LogP contribution in [-0.4, -0.2) is 38.5 Å². The van der Waals surface area contributed by atoms with Gasteiger partial charge in [-0.05, 0) is 50.1 Å². The van der Waals surface area contributed by atoms with E-state index >= 15 is 4.39 Å². The maximum Gasteiger partial charge on any atom is 0.320 e. The third kappa shape index (κ3) is 3.65. The summed E-state index contributed by atoms with van der Waals surface area (Å²) in [5.74, 6) is 0.559. The van der Waals surface area contributed by atoms with Crippen LogP contribution in [-0.2, 0) is 11.3 Å². The van der Waals surface area contributed by atoms with E-state index in [1.54, 1.807) is 6.07 Å². The molecule has 0 bridgehead atoms. The van der Waals surface area contributed by atoms with Gasteiger partial charge in [-0.25, -0.2) is 9.37 Å². The van der Waals surface area contributed by atoms with Crippen molar-refractivity contribution in [2.45, 2.75) is 64.1 Å². The number of aromatic nitrogens is 2. The van der Waals surface area contributed by atoms with Gasteiger partial charge in [0, 0.05) is 12.1 Å². The molecule has 0 amide bonds. The fourth-order valence-corrected chi connectivity index (χ4v) is 4.76. The van der Waals surface area contributed by atoms with Gasteiger partial charge in [0.25, 0.3) is 0 Å². The molecular formula is C21H29FN4O2. The van der Waals surface area contributed by atoms with E-state index in [-0.39, 0.29) is 18.4 Å². The third-order valence-corrected chi connectivity index (χ3v) is 6.60. The van der Waals surface area contributed by atoms with Crippen molar-refractivity contribution in [1.82, 2.24) is 14.9 Å². The van der Waals surface area contributed by atoms with Crippen molar-refractivity contribution >= 4 is 17.0 Å². The van der Waals surface area contributed by atoms with Crippen LogP contribution in [0.15, 0.2) is 12.1 Å². The standard InChI is InChI=1S/C21H29FN4O2/c1-12-4-6-13(7-5-12)18(23)20-24-15-9-8-14(17(22)19(15)25-20)11-26-10-2-3-16(26)21(27)28/h8-9,12-13,16,18H,2-7,10-11,23H2,1H3,(H,24,25)(H,27,28)/t12?,13?,16-,18-/m0/s1. The molecule has 1 aliphatic carbocycles. The number of halogens is 1. The molecule has 1 aromatic carbocycles. The number of aliphatic carboxylic acids is 1. The van der Waals surface area contributed by atoms with Crippen molar-refractivity contribution in [3.8, 4) is 0 Å². The molecule has 2 aromatic rings. The van der Waals surface area contributed by atoms with Gasteiger partial charge >= 0.3 is 5.97 Å². The van der Waals surface area contributed by atoms with Crippen molar-refractivity contribution in [3.05, 3.63) is 29.3 Å². The van der Waals surface area contributed by atoms with Gasteiger partial charge in [-0.3, -0.25) is 9.69 Å². The lowest BCUT2D eigenvalue weighted by Gasteiger charge is -2.29. The Kier molecular flexibility index (Phi) is 5.38. The highest BCUT2D eigenvalue weighted by Gasteiger charge is 2.31. The third-order valence-electron chi connectivity index (χ3n) is 6.60. The zero-order chi connectivity index (χ0) is 19.8. The highest BCUT2D eigenvalue weighted by Crippen LogP contribution is 2.35. The number of carbonyl (C=O) groups is 1. The number of imidazole rings is 1. The molecule has 1 aromatic heterocycles. The van der Waals surface area contributed by atoms with Gasteiger partial charge in [-0.1, -0.05) is 25.8 Å². The molecule has 1 saturated carbocycles. The summed E-state index contributed by atoms with van der Waals surface area (Å²) in [5.41, 5.74) is 7.90. The molecule has 2 heterocycles. The number of hydrogen-bond acceptors (Lipinski definition) is 4. The van der Waals surface area contributed by atoms with Gasteiger partial charge in [-0.2, -0.15) is 0 Å². The number of benzene rings is 1. The molecule has 4 rings (SSSR count). The second-order valence-electron chi connectivity index (χ2n) is 8.57. The number of fused-ring (bicyclic) bond motifs is 1. The summed E-state index contributed by atoms with van der Waals surface area (Å²) in [6, 6.07) is 2.81. The number of carboxylic acid groups (broad SMARTS) is 1. The number of nitrogens with two attached hydrogens (primary N) is 1. The molecule has 0 radical (unpaired) electrons. The minimum Gasteiger partial charge on any atom is -0.480 e. The lowest BCUT2D eigenvalue weighted by molar-refractivity contribution is -0.142. The first-order valence-corrected chi connectivity index (χ1v) is 10.3. The predicted molar refractivity (Wildman–Crippen MR) is 105 cm³/mol. The Balaban J connectivity index is 1.55. The first-order valence-electron chi connectivity index (χ1n) is 10.3.